The second-order valence-electron chi connectivity index (χ2n) is 6.63. The topological polar surface area (TPSA) is 108 Å². The Kier molecular flexibility index (Phi) is 6.20. The molecule has 1 aliphatic heterocycles. The van der Waals surface area contributed by atoms with Crippen LogP contribution in [0.3, 0.4) is 0 Å². The van der Waals surface area contributed by atoms with Crippen LogP contribution in [0.5, 0.6) is 11.5 Å². The number of para-hydroxylation sites is 1. The highest BCUT2D eigenvalue weighted by molar-refractivity contribution is 6.01. The fourth-order valence-electron chi connectivity index (χ4n) is 3.35. The molecular formula is C21H22N2O7. The molecule has 1 heterocycles. The number of methoxy groups -OCH3 is 1. The van der Waals surface area contributed by atoms with Crippen LogP contribution in [0, 0.1) is 10.1 Å². The van der Waals surface area contributed by atoms with E-state index in [-0.39, 0.29) is 23.7 Å². The fourth-order valence-corrected chi connectivity index (χ4v) is 3.35. The first-order valence-electron chi connectivity index (χ1n) is 9.46. The molecule has 9 nitrogen and oxygen atoms in total. The number of hydrogen-bond acceptors (Lipinski definition) is 7. The Morgan fingerprint density at radius 2 is 1.97 bits per heavy atom. The highest BCUT2D eigenvalue weighted by atomic mass is 16.6. The van der Waals surface area contributed by atoms with Crippen molar-refractivity contribution >= 4 is 23.3 Å². The highest BCUT2D eigenvalue weighted by Gasteiger charge is 2.32. The van der Waals surface area contributed by atoms with Gasteiger partial charge in [0.25, 0.3) is 11.6 Å². The quantitative estimate of drug-likeness (QED) is 0.389. The summed E-state index contributed by atoms with van der Waals surface area (Å²) in [7, 11) is 1.36. The van der Waals surface area contributed by atoms with Gasteiger partial charge in [0.05, 0.1) is 24.7 Å². The summed E-state index contributed by atoms with van der Waals surface area (Å²) in [6, 6.07) is 9.80. The van der Waals surface area contributed by atoms with Crippen molar-refractivity contribution in [1.82, 2.24) is 0 Å². The van der Waals surface area contributed by atoms with E-state index in [0.29, 0.717) is 13.0 Å². The fraction of sp³-hybridized carbons (Fsp3) is 0.333. The minimum absolute atomic E-state index is 0.140. The lowest BCUT2D eigenvalue weighted by Gasteiger charge is -2.21. The van der Waals surface area contributed by atoms with Crippen LogP contribution in [0.1, 0.15) is 29.8 Å². The maximum atomic E-state index is 12.8. The molecule has 30 heavy (non-hydrogen) atoms. The second kappa shape index (κ2) is 8.81. The summed E-state index contributed by atoms with van der Waals surface area (Å²) in [5, 5.41) is 11.5. The number of nitrogens with zero attached hydrogens (tertiary/aromatic N) is 2. The first-order chi connectivity index (χ1) is 14.4. The number of carbonyl (C=O) groups excluding carboxylic acids is 2. The monoisotopic (exact) mass is 414 g/mol. The van der Waals surface area contributed by atoms with E-state index in [9.17, 15) is 19.7 Å². The molecule has 0 unspecified atom stereocenters. The lowest BCUT2D eigenvalue weighted by atomic mass is 10.1. The van der Waals surface area contributed by atoms with Crippen LogP contribution in [-0.2, 0) is 16.0 Å². The van der Waals surface area contributed by atoms with Gasteiger partial charge in [-0.3, -0.25) is 14.9 Å². The molecule has 3 rings (SSSR count). The van der Waals surface area contributed by atoms with E-state index in [0.717, 1.165) is 17.3 Å². The highest BCUT2D eigenvalue weighted by Crippen LogP contribution is 2.35. The third-order valence-corrected chi connectivity index (χ3v) is 4.78. The third-order valence-electron chi connectivity index (χ3n) is 4.78. The minimum Gasteiger partial charge on any atom is -0.493 e. The zero-order valence-electron chi connectivity index (χ0n) is 16.9. The summed E-state index contributed by atoms with van der Waals surface area (Å²) in [4.78, 5) is 37.8. The van der Waals surface area contributed by atoms with Gasteiger partial charge in [0, 0.05) is 18.3 Å². The molecule has 0 radical (unpaired) electrons. The van der Waals surface area contributed by atoms with E-state index in [1.165, 1.54) is 20.1 Å². The first-order valence-corrected chi connectivity index (χ1v) is 9.46. The number of amides is 1. The number of esters is 1. The molecule has 2 aromatic rings. The van der Waals surface area contributed by atoms with Crippen LogP contribution in [0.2, 0.25) is 0 Å². The maximum absolute atomic E-state index is 12.8. The maximum Gasteiger partial charge on any atom is 0.346 e. The Balaban J connectivity index is 1.83. The van der Waals surface area contributed by atoms with Crippen LogP contribution in [-0.4, -0.2) is 43.2 Å². The molecule has 0 saturated heterocycles. The van der Waals surface area contributed by atoms with E-state index in [2.05, 4.69) is 0 Å². The number of fused-ring (bicyclic) bond motifs is 1. The van der Waals surface area contributed by atoms with E-state index in [4.69, 9.17) is 14.2 Å². The molecule has 1 aliphatic rings. The molecule has 2 aromatic carbocycles. The van der Waals surface area contributed by atoms with Crippen molar-refractivity contribution in [3.63, 3.8) is 0 Å². The van der Waals surface area contributed by atoms with Crippen molar-refractivity contribution in [2.24, 2.45) is 0 Å². The molecule has 0 aliphatic carbocycles. The third kappa shape index (κ3) is 4.05. The summed E-state index contributed by atoms with van der Waals surface area (Å²) in [6.45, 7) is 3.91. The number of anilines is 1. The van der Waals surface area contributed by atoms with E-state index in [1.807, 2.05) is 24.3 Å². The van der Waals surface area contributed by atoms with Crippen molar-refractivity contribution in [2.45, 2.75) is 26.4 Å². The number of nitro groups is 1. The van der Waals surface area contributed by atoms with Gasteiger partial charge in [-0.25, -0.2) is 4.79 Å². The lowest BCUT2D eigenvalue weighted by Crippen LogP contribution is -2.39. The zero-order valence-corrected chi connectivity index (χ0v) is 16.9. The first kappa shape index (κ1) is 21.1. The van der Waals surface area contributed by atoms with Crippen LogP contribution in [0.4, 0.5) is 11.4 Å². The Labute approximate surface area is 173 Å². The van der Waals surface area contributed by atoms with Crippen molar-refractivity contribution in [3.05, 3.63) is 57.6 Å². The average Bonchev–Trinajstić information content (AvgIpc) is 3.17. The van der Waals surface area contributed by atoms with Crippen LogP contribution in [0.15, 0.2) is 36.4 Å². The molecule has 0 spiro atoms. The van der Waals surface area contributed by atoms with E-state index >= 15 is 0 Å². The molecule has 1 amide bonds. The molecular weight excluding hydrogens is 392 g/mol. The van der Waals surface area contributed by atoms with Gasteiger partial charge in [-0.05, 0) is 31.9 Å². The van der Waals surface area contributed by atoms with Crippen molar-refractivity contribution in [2.75, 3.05) is 25.2 Å². The van der Waals surface area contributed by atoms with Crippen molar-refractivity contribution < 1.29 is 28.7 Å². The Morgan fingerprint density at radius 3 is 2.63 bits per heavy atom. The van der Waals surface area contributed by atoms with E-state index < -0.39 is 28.6 Å². The summed E-state index contributed by atoms with van der Waals surface area (Å²) < 4.78 is 15.8. The number of ether oxygens (including phenoxy) is 3. The van der Waals surface area contributed by atoms with Gasteiger partial charge < -0.3 is 19.1 Å². The van der Waals surface area contributed by atoms with Crippen molar-refractivity contribution in [3.8, 4) is 11.5 Å². The molecule has 158 valence electrons. The van der Waals surface area contributed by atoms with Gasteiger partial charge >= 0.3 is 5.97 Å². The molecule has 0 aromatic heterocycles. The zero-order chi connectivity index (χ0) is 21.8. The Morgan fingerprint density at radius 1 is 1.23 bits per heavy atom. The van der Waals surface area contributed by atoms with Gasteiger partial charge in [-0.15, -0.1) is 0 Å². The van der Waals surface area contributed by atoms with Crippen LogP contribution < -0.4 is 14.4 Å². The van der Waals surface area contributed by atoms with Gasteiger partial charge in [0.1, 0.15) is 5.56 Å². The molecule has 1 atom stereocenters. The minimum atomic E-state index is -1.12. The molecule has 0 bridgehead atoms. The van der Waals surface area contributed by atoms with Crippen LogP contribution in [0.25, 0.3) is 0 Å². The second-order valence-corrected chi connectivity index (χ2v) is 6.63. The average molecular weight is 414 g/mol. The number of nitro benzene ring substituents is 1. The number of hydrogen-bond donors (Lipinski definition) is 0. The normalized spacial score (nSPS) is 13.4. The number of carbonyl (C=O) groups is 2. The summed E-state index contributed by atoms with van der Waals surface area (Å²) in [6.07, 6.45) is -0.412. The molecule has 0 fully saturated rings. The predicted octanol–water partition coefficient (Wildman–Crippen LogP) is 3.14. The Bertz CT molecular complexity index is 989. The summed E-state index contributed by atoms with van der Waals surface area (Å²) in [5.74, 6) is -1.09. The Hall–Kier alpha value is -3.62. The van der Waals surface area contributed by atoms with Gasteiger partial charge in [-0.1, -0.05) is 18.2 Å². The summed E-state index contributed by atoms with van der Waals surface area (Å²) >= 11 is 0. The molecule has 0 N–H and O–H groups in total. The number of rotatable bonds is 7. The van der Waals surface area contributed by atoms with Gasteiger partial charge in [-0.2, -0.15) is 0 Å². The standard InChI is InChI=1S/C21H22N2O7/c1-4-29-19-12-17(23(26)27)15(11-18(19)28-3)21(25)30-13(2)20(24)22-10-9-14-7-5-6-8-16(14)22/h5-8,11-13H,4,9-10H2,1-3H3/t13-/m0/s1. The van der Waals surface area contributed by atoms with Crippen molar-refractivity contribution in [1.29, 1.82) is 0 Å². The van der Waals surface area contributed by atoms with Gasteiger partial charge in [0.2, 0.25) is 0 Å². The predicted molar refractivity (Wildman–Crippen MR) is 108 cm³/mol. The lowest BCUT2D eigenvalue weighted by molar-refractivity contribution is -0.385. The largest absolute Gasteiger partial charge is 0.493 e. The smallest absolute Gasteiger partial charge is 0.346 e. The SMILES string of the molecule is CCOc1cc([N+](=O)[O-])c(C(=O)O[C@@H](C)C(=O)N2CCc3ccccc32)cc1OC. The summed E-state index contributed by atoms with van der Waals surface area (Å²) in [5.41, 5.74) is 1.01. The molecule has 9 heteroatoms. The van der Waals surface area contributed by atoms with Crippen LogP contribution >= 0.6 is 0 Å². The molecule has 0 saturated carbocycles. The number of benzene rings is 2. The van der Waals surface area contributed by atoms with E-state index in [1.54, 1.807) is 11.8 Å². The van der Waals surface area contributed by atoms with Gasteiger partial charge in [0.15, 0.2) is 17.6 Å².